The van der Waals surface area contributed by atoms with Gasteiger partial charge in [0, 0.05) is 39.1 Å². The second kappa shape index (κ2) is 12.2. The molecule has 2 atom stereocenters. The number of hydrogen-bond acceptors (Lipinski definition) is 4. The maximum absolute atomic E-state index is 6.58. The first kappa shape index (κ1) is 30.5. The topological polar surface area (TPSA) is 52.8 Å². The normalized spacial score (nSPS) is 15.8. The summed E-state index contributed by atoms with van der Waals surface area (Å²) < 4.78 is 8.93. The molecule has 0 radical (unpaired) electrons. The van der Waals surface area contributed by atoms with Gasteiger partial charge < -0.3 is 9.30 Å². The van der Waals surface area contributed by atoms with E-state index in [-0.39, 0.29) is 12.0 Å². The summed E-state index contributed by atoms with van der Waals surface area (Å²) in [7, 11) is 0. The molecule has 254 valence electrons. The van der Waals surface area contributed by atoms with Crippen molar-refractivity contribution >= 4 is 32.6 Å². The van der Waals surface area contributed by atoms with Crippen LogP contribution in [-0.4, -0.2) is 25.6 Å². The van der Waals surface area contributed by atoms with Crippen LogP contribution in [0.4, 0.5) is 0 Å². The van der Waals surface area contributed by atoms with Crippen LogP contribution in [0.15, 0.2) is 182 Å². The molecule has 5 heteroatoms. The van der Waals surface area contributed by atoms with Crippen molar-refractivity contribution in [3.63, 3.8) is 0 Å². The molecule has 0 bridgehead atoms. The summed E-state index contributed by atoms with van der Waals surface area (Å²) in [5, 5.41) is 4.92. The van der Waals surface area contributed by atoms with Crippen LogP contribution in [0.5, 0.6) is 5.75 Å². The molecule has 2 aromatic heterocycles. The van der Waals surface area contributed by atoms with Crippen molar-refractivity contribution in [2.24, 2.45) is 0 Å². The second-order valence-corrected chi connectivity index (χ2v) is 14.0. The number of para-hydroxylation sites is 2. The monoisotopic (exact) mass is 692 g/mol. The Hall–Kier alpha value is -7.11. The van der Waals surface area contributed by atoms with Gasteiger partial charge in [-0.1, -0.05) is 121 Å². The zero-order valence-corrected chi connectivity index (χ0v) is 29.2. The van der Waals surface area contributed by atoms with Gasteiger partial charge in [0.25, 0.3) is 0 Å². The fraction of sp³-hybridized carbons (Fsp3) is 0.0408. The van der Waals surface area contributed by atoms with Gasteiger partial charge in [0.1, 0.15) is 11.9 Å². The van der Waals surface area contributed by atoms with Gasteiger partial charge >= 0.3 is 0 Å². The number of aromatic nitrogens is 4. The SMILES string of the molecule is C1=CC2Oc3c(-c4nc(-c5ccc(-n6c7ccccc7c7cc8ccccc8cc76)cc5)nc(-c5cccc(-c6ccccc6)c5)n4)cccc3C2C=C1. The van der Waals surface area contributed by atoms with E-state index in [0.29, 0.717) is 17.5 Å². The van der Waals surface area contributed by atoms with E-state index < -0.39 is 0 Å². The van der Waals surface area contributed by atoms with E-state index in [1.807, 2.05) is 6.07 Å². The van der Waals surface area contributed by atoms with Gasteiger partial charge in [-0.25, -0.2) is 15.0 Å². The minimum absolute atomic E-state index is 0.0409. The Bertz CT molecular complexity index is 2980. The number of hydrogen-bond donors (Lipinski definition) is 0. The first-order valence-corrected chi connectivity index (χ1v) is 18.3. The first-order chi connectivity index (χ1) is 26.7. The summed E-state index contributed by atoms with van der Waals surface area (Å²) in [6.07, 6.45) is 8.43. The number of ether oxygens (including phenoxy) is 1. The van der Waals surface area contributed by atoms with Crippen molar-refractivity contribution in [1.29, 1.82) is 0 Å². The second-order valence-electron chi connectivity index (χ2n) is 14.0. The third-order valence-electron chi connectivity index (χ3n) is 10.8. The molecule has 1 aliphatic heterocycles. The van der Waals surface area contributed by atoms with Crippen LogP contribution in [0.1, 0.15) is 11.5 Å². The van der Waals surface area contributed by atoms with Gasteiger partial charge in [-0.05, 0) is 82.6 Å². The fourth-order valence-corrected chi connectivity index (χ4v) is 8.16. The molecule has 1 aliphatic carbocycles. The third kappa shape index (κ3) is 4.97. The molecule has 54 heavy (non-hydrogen) atoms. The molecule has 0 saturated carbocycles. The summed E-state index contributed by atoms with van der Waals surface area (Å²) in [6, 6.07) is 55.5. The lowest BCUT2D eigenvalue weighted by Gasteiger charge is -2.14. The molecular weight excluding hydrogens is 661 g/mol. The highest BCUT2D eigenvalue weighted by atomic mass is 16.5. The van der Waals surface area contributed by atoms with Crippen molar-refractivity contribution < 1.29 is 4.74 Å². The number of nitrogens with zero attached hydrogens (tertiary/aromatic N) is 4. The van der Waals surface area contributed by atoms with Crippen LogP contribution >= 0.6 is 0 Å². The molecule has 11 rings (SSSR count). The lowest BCUT2D eigenvalue weighted by atomic mass is 9.91. The Morgan fingerprint density at radius 2 is 1.15 bits per heavy atom. The largest absolute Gasteiger partial charge is 0.484 e. The summed E-state index contributed by atoms with van der Waals surface area (Å²) in [5.41, 5.74) is 9.49. The lowest BCUT2D eigenvalue weighted by Crippen LogP contribution is -2.15. The molecule has 3 heterocycles. The minimum atomic E-state index is -0.0409. The number of allylic oxidation sites excluding steroid dienone is 2. The van der Waals surface area contributed by atoms with Crippen LogP contribution in [0, 0.1) is 0 Å². The molecule has 0 saturated heterocycles. The predicted molar refractivity (Wildman–Crippen MR) is 219 cm³/mol. The maximum Gasteiger partial charge on any atom is 0.167 e. The van der Waals surface area contributed by atoms with E-state index in [9.17, 15) is 0 Å². The Morgan fingerprint density at radius 1 is 0.463 bits per heavy atom. The standard InChI is InChI=1S/C49H32N4O/c1-2-12-31(13-3-1)33-16-10-17-36(28-33)48-50-47(51-49(52-48)41-21-11-20-40-39-19-7-9-23-45(39)54-46(40)41)32-24-26-37(27-25-32)53-43-22-8-6-18-38(43)42-29-34-14-4-5-15-35(34)30-44(42)53/h1-30,39,45H. The average molecular weight is 693 g/mol. The Morgan fingerprint density at radius 3 is 2.02 bits per heavy atom. The van der Waals surface area contributed by atoms with Gasteiger partial charge in [-0.3, -0.25) is 0 Å². The van der Waals surface area contributed by atoms with Gasteiger partial charge in [0.2, 0.25) is 0 Å². The highest BCUT2D eigenvalue weighted by molar-refractivity contribution is 6.13. The maximum atomic E-state index is 6.58. The molecular formula is C49H32N4O. The number of benzene rings is 7. The van der Waals surface area contributed by atoms with Gasteiger partial charge in [-0.15, -0.1) is 0 Å². The zero-order valence-electron chi connectivity index (χ0n) is 29.2. The highest BCUT2D eigenvalue weighted by Gasteiger charge is 2.34. The fourth-order valence-electron chi connectivity index (χ4n) is 8.16. The molecule has 0 fully saturated rings. The predicted octanol–water partition coefficient (Wildman–Crippen LogP) is 11.8. The van der Waals surface area contributed by atoms with E-state index in [1.54, 1.807) is 0 Å². The smallest absolute Gasteiger partial charge is 0.167 e. The first-order valence-electron chi connectivity index (χ1n) is 18.3. The summed E-state index contributed by atoms with van der Waals surface area (Å²) in [6.45, 7) is 0. The van der Waals surface area contributed by atoms with Crippen molar-refractivity contribution in [2.45, 2.75) is 12.0 Å². The summed E-state index contributed by atoms with van der Waals surface area (Å²) in [4.78, 5) is 15.4. The Labute approximate surface area is 312 Å². The van der Waals surface area contributed by atoms with Crippen LogP contribution < -0.4 is 4.74 Å². The molecule has 0 N–H and O–H groups in total. The lowest BCUT2D eigenvalue weighted by molar-refractivity contribution is 0.269. The van der Waals surface area contributed by atoms with E-state index in [4.69, 9.17) is 19.7 Å². The van der Waals surface area contributed by atoms with Gasteiger partial charge in [0.05, 0.1) is 16.6 Å². The Kier molecular flexibility index (Phi) is 6.92. The van der Waals surface area contributed by atoms with E-state index in [2.05, 4.69) is 181 Å². The molecule has 2 unspecified atom stereocenters. The molecule has 0 spiro atoms. The average Bonchev–Trinajstić information content (AvgIpc) is 3.78. The Balaban J connectivity index is 1.06. The van der Waals surface area contributed by atoms with Crippen molar-refractivity contribution in [1.82, 2.24) is 19.5 Å². The van der Waals surface area contributed by atoms with Crippen molar-refractivity contribution in [3.8, 4) is 56.7 Å². The van der Waals surface area contributed by atoms with Crippen molar-refractivity contribution in [3.05, 3.63) is 188 Å². The molecule has 5 nitrogen and oxygen atoms in total. The van der Waals surface area contributed by atoms with Crippen LogP contribution in [-0.2, 0) is 0 Å². The van der Waals surface area contributed by atoms with E-state index in [1.165, 1.54) is 32.6 Å². The molecule has 0 amide bonds. The third-order valence-corrected chi connectivity index (χ3v) is 10.8. The number of rotatable bonds is 5. The number of fused-ring (bicyclic) bond motifs is 7. The van der Waals surface area contributed by atoms with E-state index in [0.717, 1.165) is 44.8 Å². The highest BCUT2D eigenvalue weighted by Crippen LogP contribution is 2.46. The minimum Gasteiger partial charge on any atom is -0.484 e. The van der Waals surface area contributed by atoms with Gasteiger partial charge in [0.15, 0.2) is 17.5 Å². The molecule has 2 aliphatic rings. The molecule has 7 aromatic carbocycles. The summed E-state index contributed by atoms with van der Waals surface area (Å²) in [5.74, 6) is 2.80. The van der Waals surface area contributed by atoms with E-state index >= 15 is 0 Å². The zero-order chi connectivity index (χ0) is 35.6. The van der Waals surface area contributed by atoms with Crippen LogP contribution in [0.2, 0.25) is 0 Å². The van der Waals surface area contributed by atoms with Gasteiger partial charge in [-0.2, -0.15) is 0 Å². The van der Waals surface area contributed by atoms with Crippen molar-refractivity contribution in [2.75, 3.05) is 0 Å². The molecule has 9 aromatic rings. The van der Waals surface area contributed by atoms with Crippen LogP contribution in [0.25, 0.3) is 83.6 Å². The summed E-state index contributed by atoms with van der Waals surface area (Å²) >= 11 is 0. The van der Waals surface area contributed by atoms with Crippen LogP contribution in [0.3, 0.4) is 0 Å². The quantitative estimate of drug-likeness (QED) is 0.180.